The Bertz CT molecular complexity index is 655. The van der Waals surface area contributed by atoms with Gasteiger partial charge in [0.1, 0.15) is 5.82 Å². The Morgan fingerprint density at radius 3 is 2.13 bits per heavy atom. The summed E-state index contributed by atoms with van der Waals surface area (Å²) < 4.78 is 19.2. The minimum Gasteiger partial charge on any atom is -0.422 e. The molecule has 12 heteroatoms. The summed E-state index contributed by atoms with van der Waals surface area (Å²) in [7, 11) is -3.24. The Labute approximate surface area is 185 Å². The quantitative estimate of drug-likeness (QED) is 0.387. The van der Waals surface area contributed by atoms with Crippen LogP contribution in [-0.4, -0.2) is 63.8 Å². The number of nitrogens with zero attached hydrogens (tertiary/aromatic N) is 3. The van der Waals surface area contributed by atoms with Crippen LogP contribution in [0, 0.1) is 0 Å². The van der Waals surface area contributed by atoms with Gasteiger partial charge in [0.25, 0.3) is 0 Å². The zero-order valence-corrected chi connectivity index (χ0v) is 20.6. The Balaban J connectivity index is -0.00000120. The number of pyridine rings is 1. The highest BCUT2D eigenvalue weighted by Crippen LogP contribution is 2.35. The number of aliphatic hydroxyl groups is 1. The van der Waals surface area contributed by atoms with Gasteiger partial charge in [0.05, 0.1) is 13.2 Å². The van der Waals surface area contributed by atoms with Crippen molar-refractivity contribution < 1.29 is 38.3 Å². The van der Waals surface area contributed by atoms with Gasteiger partial charge in [0.2, 0.25) is 12.7 Å². The maximum absolute atomic E-state index is 12.0. The van der Waals surface area contributed by atoms with E-state index in [2.05, 4.69) is 14.2 Å². The fourth-order valence-electron chi connectivity index (χ4n) is 1.80. The summed E-state index contributed by atoms with van der Waals surface area (Å²) in [4.78, 5) is 47.1. The molecule has 0 saturated heterocycles. The van der Waals surface area contributed by atoms with Gasteiger partial charge < -0.3 is 24.5 Å². The molecule has 3 N–H and O–H groups in total. The molecule has 0 spiro atoms. The molecule has 0 bridgehead atoms. The number of carbonyl (C=O) groups excluding carboxylic acids is 2. The van der Waals surface area contributed by atoms with Gasteiger partial charge >= 0.3 is 13.9 Å². The average Bonchev–Trinajstić information content (AvgIpc) is 2.76. The summed E-state index contributed by atoms with van der Waals surface area (Å²) >= 11 is 0. The van der Waals surface area contributed by atoms with Crippen molar-refractivity contribution >= 4 is 25.6 Å². The van der Waals surface area contributed by atoms with Crippen molar-refractivity contribution in [3.63, 3.8) is 0 Å². The first kappa shape index (κ1) is 33.6. The summed E-state index contributed by atoms with van der Waals surface area (Å²) in [6.45, 7) is 11.9. The lowest BCUT2D eigenvalue weighted by Crippen LogP contribution is -2.35. The molecule has 0 aliphatic rings. The third kappa shape index (κ3) is 15.4. The van der Waals surface area contributed by atoms with Crippen LogP contribution in [0.1, 0.15) is 54.0 Å². The molecular weight excluding hydrogens is 429 g/mol. The van der Waals surface area contributed by atoms with Crippen LogP contribution < -0.4 is 4.90 Å². The number of phosphoric acid groups is 1. The van der Waals surface area contributed by atoms with E-state index in [9.17, 15) is 14.2 Å². The first-order chi connectivity index (χ1) is 14.7. The van der Waals surface area contributed by atoms with Crippen molar-refractivity contribution in [3.05, 3.63) is 23.9 Å². The second kappa shape index (κ2) is 19.9. The maximum atomic E-state index is 12.0. The number of hydrogen-bond donors (Lipinski definition) is 3. The van der Waals surface area contributed by atoms with E-state index in [1.165, 1.54) is 25.1 Å². The molecule has 1 rings (SSSR count). The van der Waals surface area contributed by atoms with Gasteiger partial charge in [-0.1, -0.05) is 47.6 Å². The highest BCUT2D eigenvalue weighted by molar-refractivity contribution is 7.46. The number of aliphatic hydroxyl groups excluding tert-OH is 1. The van der Waals surface area contributed by atoms with Gasteiger partial charge in [0.15, 0.2) is 0 Å². The Morgan fingerprint density at radius 1 is 1.13 bits per heavy atom. The highest BCUT2D eigenvalue weighted by atomic mass is 31.2. The molecule has 1 aromatic heterocycles. The number of rotatable bonds is 8. The Morgan fingerprint density at radius 2 is 1.68 bits per heavy atom. The number of anilines is 1. The second-order valence-electron chi connectivity index (χ2n) is 4.86. The third-order valence-electron chi connectivity index (χ3n) is 3.05. The van der Waals surface area contributed by atoms with E-state index < -0.39 is 20.7 Å². The van der Waals surface area contributed by atoms with Crippen LogP contribution in [0.4, 0.5) is 10.6 Å². The van der Waals surface area contributed by atoms with E-state index in [-0.39, 0.29) is 25.6 Å². The lowest BCUT2D eigenvalue weighted by atomic mass is 10.2. The molecule has 0 aliphatic heterocycles. The van der Waals surface area contributed by atoms with Crippen LogP contribution in [-0.2, 0) is 25.2 Å². The Hall–Kier alpha value is -2.04. The van der Waals surface area contributed by atoms with Crippen molar-refractivity contribution in [2.24, 2.45) is 0 Å². The van der Waals surface area contributed by atoms with Gasteiger partial charge in [-0.05, 0) is 6.07 Å². The zero-order chi connectivity index (χ0) is 25.0. The van der Waals surface area contributed by atoms with Crippen LogP contribution >= 0.6 is 7.82 Å². The smallest absolute Gasteiger partial charge is 0.422 e. The number of carbonyl (C=O) groups is 2. The van der Waals surface area contributed by atoms with Crippen LogP contribution in [0.5, 0.6) is 0 Å². The zero-order valence-electron chi connectivity index (χ0n) is 19.7. The van der Waals surface area contributed by atoms with Crippen molar-refractivity contribution in [3.8, 4) is 0 Å². The molecule has 0 aliphatic carbocycles. The van der Waals surface area contributed by atoms with Gasteiger partial charge in [0, 0.05) is 32.3 Å². The van der Waals surface area contributed by atoms with Crippen LogP contribution in [0.3, 0.4) is 0 Å². The second-order valence-corrected chi connectivity index (χ2v) is 6.10. The number of ether oxygens (including phenoxy) is 1. The van der Waals surface area contributed by atoms with E-state index in [0.717, 1.165) is 4.90 Å². The van der Waals surface area contributed by atoms with Gasteiger partial charge in [-0.25, -0.2) is 18.9 Å². The molecule has 1 aromatic rings. The molecule has 0 aromatic carbocycles. The Kier molecular flexibility index (Phi) is 21.6. The standard InChI is InChI=1S/C13H20N3O8P.3C2H6/c1-10(18)15(2)12-11(4-3-5-14-12)8-16(6-7-17)13(19)23-9-24-25(20,21)22;3*1-2/h3-5,17H,6-9H2,1-2H3,(H2,20,21,22);3*1-2H3. The lowest BCUT2D eigenvalue weighted by molar-refractivity contribution is -0.116. The van der Waals surface area contributed by atoms with E-state index >= 15 is 0 Å². The molecule has 0 atom stereocenters. The predicted molar refractivity (Wildman–Crippen MR) is 119 cm³/mol. The first-order valence-electron chi connectivity index (χ1n) is 10.1. The fourth-order valence-corrected chi connectivity index (χ4v) is 1.99. The van der Waals surface area contributed by atoms with Gasteiger partial charge in [-0.3, -0.25) is 9.69 Å². The summed E-state index contributed by atoms with van der Waals surface area (Å²) in [5, 5.41) is 9.10. The van der Waals surface area contributed by atoms with Crippen molar-refractivity contribution in [2.45, 2.75) is 55.0 Å². The highest BCUT2D eigenvalue weighted by Gasteiger charge is 2.21. The molecule has 0 saturated carbocycles. The summed E-state index contributed by atoms with van der Waals surface area (Å²) in [6, 6.07) is 3.26. The summed E-state index contributed by atoms with van der Waals surface area (Å²) in [5.74, 6) is 0.0727. The van der Waals surface area contributed by atoms with Gasteiger partial charge in [-0.2, -0.15) is 0 Å². The minimum absolute atomic E-state index is 0.0455. The van der Waals surface area contributed by atoms with Crippen molar-refractivity contribution in [1.29, 1.82) is 0 Å². The molecule has 182 valence electrons. The predicted octanol–water partition coefficient (Wildman–Crippen LogP) is 3.14. The van der Waals surface area contributed by atoms with E-state index in [1.807, 2.05) is 41.5 Å². The van der Waals surface area contributed by atoms with E-state index in [4.69, 9.17) is 14.9 Å². The SMILES string of the molecule is CC.CC.CC.CC(=O)N(C)c1ncccc1CN(CCO)C(=O)OCOP(=O)(O)O. The number of phosphoric ester groups is 1. The number of amides is 2. The summed E-state index contributed by atoms with van der Waals surface area (Å²) in [5.41, 5.74) is 0.515. The lowest BCUT2D eigenvalue weighted by Gasteiger charge is -2.24. The normalized spacial score (nSPS) is 9.52. The molecule has 2 amide bonds. The fraction of sp³-hybridized carbons (Fsp3) is 0.632. The largest absolute Gasteiger partial charge is 0.472 e. The van der Waals surface area contributed by atoms with Crippen LogP contribution in [0.25, 0.3) is 0 Å². The minimum atomic E-state index is -4.77. The number of aromatic nitrogens is 1. The van der Waals surface area contributed by atoms with Crippen LogP contribution in [0.2, 0.25) is 0 Å². The van der Waals surface area contributed by atoms with E-state index in [0.29, 0.717) is 11.4 Å². The van der Waals surface area contributed by atoms with Crippen molar-refractivity contribution in [2.75, 3.05) is 31.9 Å². The van der Waals surface area contributed by atoms with Gasteiger partial charge in [-0.15, -0.1) is 0 Å². The molecular formula is C19H38N3O8P. The molecule has 0 unspecified atom stereocenters. The molecule has 31 heavy (non-hydrogen) atoms. The topological polar surface area (TPSA) is 150 Å². The average molecular weight is 468 g/mol. The van der Waals surface area contributed by atoms with Crippen molar-refractivity contribution in [1.82, 2.24) is 9.88 Å². The molecule has 11 nitrogen and oxygen atoms in total. The first-order valence-corrected chi connectivity index (χ1v) is 11.6. The van der Waals surface area contributed by atoms with E-state index in [1.54, 1.807) is 12.1 Å². The monoisotopic (exact) mass is 467 g/mol. The maximum Gasteiger partial charge on any atom is 0.472 e. The summed E-state index contributed by atoms with van der Waals surface area (Å²) in [6.07, 6.45) is 0.531. The van der Waals surface area contributed by atoms with Crippen LogP contribution in [0.15, 0.2) is 18.3 Å². The third-order valence-corrected chi connectivity index (χ3v) is 3.49. The molecule has 0 radical (unpaired) electrons. The molecule has 1 heterocycles. The molecule has 0 fully saturated rings. The number of hydrogen-bond acceptors (Lipinski definition) is 7.